The number of fused-ring (bicyclic) bond motifs is 3. The molecule has 45 heavy (non-hydrogen) atoms. The molecule has 210 valence electrons. The summed E-state index contributed by atoms with van der Waals surface area (Å²) in [6.45, 7) is 0. The predicted octanol–water partition coefficient (Wildman–Crippen LogP) is 9.51. The molecule has 5 heteroatoms. The first kappa shape index (κ1) is 26.3. The van der Waals surface area contributed by atoms with Crippen molar-refractivity contribution >= 4 is 21.8 Å². The third kappa shape index (κ3) is 4.71. The lowest BCUT2D eigenvalue weighted by Gasteiger charge is -2.15. The van der Waals surface area contributed by atoms with Crippen molar-refractivity contribution in [2.75, 3.05) is 0 Å². The lowest BCUT2D eigenvalue weighted by molar-refractivity contribution is 1.07. The van der Waals surface area contributed by atoms with E-state index in [4.69, 9.17) is 15.0 Å². The Morgan fingerprint density at radius 1 is 0.444 bits per heavy atom. The number of para-hydroxylation sites is 2. The number of hydrogen-bond acceptors (Lipinski definition) is 4. The Bertz CT molecular complexity index is 2260. The van der Waals surface area contributed by atoms with Gasteiger partial charge in [-0.25, -0.2) is 15.0 Å². The third-order valence-corrected chi connectivity index (χ3v) is 8.10. The normalized spacial score (nSPS) is 11.1. The first-order valence-electron chi connectivity index (χ1n) is 14.8. The van der Waals surface area contributed by atoms with E-state index in [0.29, 0.717) is 23.0 Å². The van der Waals surface area contributed by atoms with Crippen LogP contribution in [-0.2, 0) is 0 Å². The van der Waals surface area contributed by atoms with E-state index in [0.717, 1.165) is 44.5 Å². The summed E-state index contributed by atoms with van der Waals surface area (Å²) in [7, 11) is 0. The fourth-order valence-electron chi connectivity index (χ4n) is 5.95. The van der Waals surface area contributed by atoms with Crippen LogP contribution in [0.5, 0.6) is 0 Å². The summed E-state index contributed by atoms with van der Waals surface area (Å²) in [6, 6.07) is 53.3. The minimum Gasteiger partial charge on any atom is -0.309 e. The highest BCUT2D eigenvalue weighted by atomic mass is 15.0. The van der Waals surface area contributed by atoms with Gasteiger partial charge >= 0.3 is 0 Å². The average molecular weight is 576 g/mol. The maximum absolute atomic E-state index is 9.84. The predicted molar refractivity (Wildman–Crippen MR) is 181 cm³/mol. The van der Waals surface area contributed by atoms with Crippen molar-refractivity contribution in [3.63, 3.8) is 0 Å². The molecule has 0 saturated heterocycles. The number of rotatable bonds is 5. The van der Waals surface area contributed by atoms with E-state index in [-0.39, 0.29) is 0 Å². The molecule has 0 aliphatic heterocycles. The molecule has 0 aliphatic rings. The Hall–Kier alpha value is -6.38. The van der Waals surface area contributed by atoms with Crippen molar-refractivity contribution in [1.29, 1.82) is 5.26 Å². The van der Waals surface area contributed by atoms with E-state index < -0.39 is 0 Å². The van der Waals surface area contributed by atoms with Gasteiger partial charge in [0.2, 0.25) is 0 Å². The molecule has 0 radical (unpaired) electrons. The second kappa shape index (κ2) is 11.0. The number of benzene rings is 6. The zero-order valence-corrected chi connectivity index (χ0v) is 24.2. The Kier molecular flexibility index (Phi) is 6.44. The number of hydrogen-bond donors (Lipinski definition) is 0. The van der Waals surface area contributed by atoms with Gasteiger partial charge in [0.25, 0.3) is 0 Å². The summed E-state index contributed by atoms with van der Waals surface area (Å²) in [5.41, 5.74) is 8.57. The molecule has 0 unspecified atom stereocenters. The lowest BCUT2D eigenvalue weighted by atomic mass is 9.99. The minimum absolute atomic E-state index is 0.608. The third-order valence-electron chi connectivity index (χ3n) is 8.10. The first-order chi connectivity index (χ1) is 22.3. The highest BCUT2D eigenvalue weighted by Crippen LogP contribution is 2.37. The van der Waals surface area contributed by atoms with Crippen LogP contribution in [0.25, 0.3) is 72.8 Å². The van der Waals surface area contributed by atoms with Crippen LogP contribution in [0.15, 0.2) is 152 Å². The minimum atomic E-state index is 0.608. The van der Waals surface area contributed by atoms with Gasteiger partial charge < -0.3 is 4.57 Å². The number of aromatic nitrogens is 4. The standard InChI is InChI=1S/C40H25N5/c41-26-27-19-24-32(37(25-27)45-35-17-9-7-15-33(35)34-16-8-10-18-36(34)45)28-20-22-31(23-21-28)40-43-38(29-11-3-1-4-12-29)42-39(44-40)30-13-5-2-6-14-30/h1-25H. The van der Waals surface area contributed by atoms with Crippen LogP contribution < -0.4 is 0 Å². The molecule has 8 rings (SSSR count). The highest BCUT2D eigenvalue weighted by Gasteiger charge is 2.17. The molecule has 0 bridgehead atoms. The molecular weight excluding hydrogens is 550 g/mol. The van der Waals surface area contributed by atoms with Gasteiger partial charge in [0.15, 0.2) is 17.5 Å². The van der Waals surface area contributed by atoms with Gasteiger partial charge in [-0.05, 0) is 29.8 Å². The van der Waals surface area contributed by atoms with E-state index in [1.54, 1.807) is 0 Å². The van der Waals surface area contributed by atoms with Gasteiger partial charge in [-0.1, -0.05) is 127 Å². The topological polar surface area (TPSA) is 67.4 Å². The van der Waals surface area contributed by atoms with Gasteiger partial charge in [0.1, 0.15) is 0 Å². The molecule has 0 amide bonds. The van der Waals surface area contributed by atoms with Gasteiger partial charge in [-0.2, -0.15) is 5.26 Å². The Balaban J connectivity index is 1.27. The highest BCUT2D eigenvalue weighted by molar-refractivity contribution is 6.09. The number of nitriles is 1. The van der Waals surface area contributed by atoms with Gasteiger partial charge in [0, 0.05) is 33.0 Å². The van der Waals surface area contributed by atoms with Crippen molar-refractivity contribution in [3.05, 3.63) is 157 Å². The van der Waals surface area contributed by atoms with Crippen LogP contribution in [0.1, 0.15) is 5.56 Å². The Morgan fingerprint density at radius 2 is 0.889 bits per heavy atom. The lowest BCUT2D eigenvalue weighted by Crippen LogP contribution is -2.00. The maximum atomic E-state index is 9.84. The van der Waals surface area contributed by atoms with E-state index in [2.05, 4.69) is 83.4 Å². The zero-order chi connectivity index (χ0) is 30.2. The van der Waals surface area contributed by atoms with Crippen LogP contribution in [0.3, 0.4) is 0 Å². The largest absolute Gasteiger partial charge is 0.309 e. The van der Waals surface area contributed by atoms with Crippen molar-refractivity contribution in [3.8, 4) is 57.0 Å². The monoisotopic (exact) mass is 575 g/mol. The van der Waals surface area contributed by atoms with Gasteiger partial charge in [-0.3, -0.25) is 0 Å². The molecule has 0 N–H and O–H groups in total. The van der Waals surface area contributed by atoms with Crippen molar-refractivity contribution in [2.45, 2.75) is 0 Å². The summed E-state index contributed by atoms with van der Waals surface area (Å²) in [6.07, 6.45) is 0. The number of nitrogens with zero attached hydrogens (tertiary/aromatic N) is 5. The van der Waals surface area contributed by atoms with Gasteiger partial charge in [-0.15, -0.1) is 0 Å². The summed E-state index contributed by atoms with van der Waals surface area (Å²) in [5, 5.41) is 12.2. The van der Waals surface area contributed by atoms with Crippen LogP contribution in [0, 0.1) is 11.3 Å². The van der Waals surface area contributed by atoms with Crippen LogP contribution >= 0.6 is 0 Å². The molecule has 5 nitrogen and oxygen atoms in total. The van der Waals surface area contributed by atoms with Crippen molar-refractivity contribution < 1.29 is 0 Å². The SMILES string of the molecule is N#Cc1ccc(-c2ccc(-c3nc(-c4ccccc4)nc(-c4ccccc4)n3)cc2)c(-n2c3ccccc3c3ccccc32)c1. The molecule has 0 fully saturated rings. The molecule has 2 aromatic heterocycles. The Morgan fingerprint density at radius 3 is 1.40 bits per heavy atom. The summed E-state index contributed by atoms with van der Waals surface area (Å²) in [5.74, 6) is 1.87. The van der Waals surface area contributed by atoms with Crippen LogP contribution in [0.4, 0.5) is 0 Å². The molecule has 8 aromatic rings. The van der Waals surface area contributed by atoms with E-state index in [1.807, 2.05) is 78.9 Å². The first-order valence-corrected chi connectivity index (χ1v) is 14.8. The summed E-state index contributed by atoms with van der Waals surface area (Å²) < 4.78 is 2.26. The average Bonchev–Trinajstić information content (AvgIpc) is 3.46. The van der Waals surface area contributed by atoms with Crippen molar-refractivity contribution in [2.24, 2.45) is 0 Å². The summed E-state index contributed by atoms with van der Waals surface area (Å²) >= 11 is 0. The van der Waals surface area contributed by atoms with Crippen LogP contribution in [-0.4, -0.2) is 19.5 Å². The maximum Gasteiger partial charge on any atom is 0.164 e. The molecule has 0 spiro atoms. The zero-order valence-electron chi connectivity index (χ0n) is 24.2. The van der Waals surface area contributed by atoms with Crippen LogP contribution in [0.2, 0.25) is 0 Å². The smallest absolute Gasteiger partial charge is 0.164 e. The molecule has 0 atom stereocenters. The van der Waals surface area contributed by atoms with E-state index in [1.165, 1.54) is 10.8 Å². The molecule has 6 aromatic carbocycles. The molecular formula is C40H25N5. The second-order valence-corrected chi connectivity index (χ2v) is 10.8. The van der Waals surface area contributed by atoms with E-state index >= 15 is 0 Å². The quantitative estimate of drug-likeness (QED) is 0.205. The Labute approximate surface area is 260 Å². The summed E-state index contributed by atoms with van der Waals surface area (Å²) in [4.78, 5) is 14.6. The second-order valence-electron chi connectivity index (χ2n) is 10.8. The molecule has 2 heterocycles. The molecule has 0 aliphatic carbocycles. The van der Waals surface area contributed by atoms with E-state index in [9.17, 15) is 5.26 Å². The van der Waals surface area contributed by atoms with Crippen molar-refractivity contribution in [1.82, 2.24) is 19.5 Å². The fraction of sp³-hybridized carbons (Fsp3) is 0. The molecule has 0 saturated carbocycles. The fourth-order valence-corrected chi connectivity index (χ4v) is 5.95. The van der Waals surface area contributed by atoms with Gasteiger partial charge in [0.05, 0.1) is 28.4 Å².